The summed E-state index contributed by atoms with van der Waals surface area (Å²) in [4.78, 5) is 26.5. The molecule has 8 nitrogen and oxygen atoms in total. The Morgan fingerprint density at radius 2 is 1.60 bits per heavy atom. The zero-order valence-electron chi connectivity index (χ0n) is 21.5. The molecular weight excluding hydrogens is 500 g/mol. The number of imidazole rings is 1. The quantitative estimate of drug-likeness (QED) is 0.265. The first-order chi connectivity index (χ1) is 19.6. The fraction of sp³-hybridized carbons (Fsp3) is 0.0625. The Labute approximate surface area is 230 Å². The highest BCUT2D eigenvalue weighted by molar-refractivity contribution is 5.94. The van der Waals surface area contributed by atoms with E-state index in [0.29, 0.717) is 40.5 Å². The number of nitrogen functional groups attached to an aromatic ring is 1. The van der Waals surface area contributed by atoms with Crippen LogP contribution in [0.3, 0.4) is 0 Å². The van der Waals surface area contributed by atoms with Gasteiger partial charge in [0.05, 0.1) is 12.2 Å². The van der Waals surface area contributed by atoms with Crippen molar-refractivity contribution in [2.75, 3.05) is 5.73 Å². The second kappa shape index (κ2) is 10.8. The molecule has 0 fully saturated rings. The Bertz CT molecular complexity index is 1800. The van der Waals surface area contributed by atoms with Gasteiger partial charge in [0, 0.05) is 35.8 Å². The number of hydrogen-bond acceptors (Lipinski definition) is 6. The number of fused-ring (bicyclic) bond motifs is 1. The van der Waals surface area contributed by atoms with Gasteiger partial charge in [0.15, 0.2) is 11.5 Å². The van der Waals surface area contributed by atoms with Gasteiger partial charge in [-0.15, -0.1) is 0 Å². The van der Waals surface area contributed by atoms with Crippen LogP contribution in [0.1, 0.15) is 21.5 Å². The van der Waals surface area contributed by atoms with Gasteiger partial charge in [-0.3, -0.25) is 9.36 Å². The molecule has 8 heteroatoms. The predicted molar refractivity (Wildman–Crippen MR) is 155 cm³/mol. The van der Waals surface area contributed by atoms with Gasteiger partial charge in [0.1, 0.15) is 11.3 Å². The minimum absolute atomic E-state index is 0.00392. The number of amides is 1. The lowest BCUT2D eigenvalue weighted by Gasteiger charge is -2.11. The molecular formula is C32H26N6O2. The number of rotatable bonds is 7. The smallest absolute Gasteiger partial charge is 0.251 e. The third kappa shape index (κ3) is 4.91. The molecule has 3 heterocycles. The molecule has 0 bridgehead atoms. The van der Waals surface area contributed by atoms with Crippen LogP contribution in [0.25, 0.3) is 39.4 Å². The number of nitrogens with two attached hydrogens (primary N) is 1. The minimum atomic E-state index is -0.120. The summed E-state index contributed by atoms with van der Waals surface area (Å²) in [6, 6.07) is 30.5. The number of benzene rings is 3. The van der Waals surface area contributed by atoms with Crippen LogP contribution >= 0.6 is 0 Å². The summed E-state index contributed by atoms with van der Waals surface area (Å²) in [5.74, 6) is 0.885. The maximum atomic E-state index is 12.5. The number of nitrogens with zero attached hydrogens (tertiary/aromatic N) is 4. The fourth-order valence-electron chi connectivity index (χ4n) is 4.59. The largest absolute Gasteiger partial charge is 0.392 e. The molecule has 6 rings (SSSR count). The van der Waals surface area contributed by atoms with Crippen LogP contribution in [0.5, 0.6) is 0 Å². The number of aromatic nitrogens is 4. The molecule has 0 aliphatic carbocycles. The lowest BCUT2D eigenvalue weighted by atomic mass is 10.1. The fourth-order valence-corrected chi connectivity index (χ4v) is 4.59. The van der Waals surface area contributed by atoms with Gasteiger partial charge in [-0.05, 0) is 59.2 Å². The predicted octanol–water partition coefficient (Wildman–Crippen LogP) is 5.15. The zero-order valence-corrected chi connectivity index (χ0v) is 21.5. The second-order valence-corrected chi connectivity index (χ2v) is 9.34. The summed E-state index contributed by atoms with van der Waals surface area (Å²) in [5, 5.41) is 12.3. The third-order valence-electron chi connectivity index (χ3n) is 6.73. The summed E-state index contributed by atoms with van der Waals surface area (Å²) < 4.78 is 1.97. The normalized spacial score (nSPS) is 11.0. The molecule has 4 N–H and O–H groups in total. The van der Waals surface area contributed by atoms with E-state index in [0.717, 1.165) is 27.9 Å². The first kappa shape index (κ1) is 25.0. The van der Waals surface area contributed by atoms with Crippen molar-refractivity contribution in [1.82, 2.24) is 24.8 Å². The molecule has 0 saturated carbocycles. The molecule has 196 valence electrons. The van der Waals surface area contributed by atoms with Gasteiger partial charge in [-0.2, -0.15) is 0 Å². The van der Waals surface area contributed by atoms with Crippen molar-refractivity contribution in [3.8, 4) is 28.2 Å². The monoisotopic (exact) mass is 526 g/mol. The lowest BCUT2D eigenvalue weighted by molar-refractivity contribution is 0.0951. The first-order valence-electron chi connectivity index (χ1n) is 12.8. The molecule has 40 heavy (non-hydrogen) atoms. The van der Waals surface area contributed by atoms with Crippen LogP contribution < -0.4 is 11.1 Å². The van der Waals surface area contributed by atoms with Crippen LogP contribution in [0.15, 0.2) is 109 Å². The van der Waals surface area contributed by atoms with Crippen LogP contribution in [0.2, 0.25) is 0 Å². The molecule has 0 radical (unpaired) electrons. The zero-order chi connectivity index (χ0) is 27.5. The van der Waals surface area contributed by atoms with Gasteiger partial charge in [-0.1, -0.05) is 54.6 Å². The van der Waals surface area contributed by atoms with Crippen molar-refractivity contribution in [1.29, 1.82) is 0 Å². The lowest BCUT2D eigenvalue weighted by Crippen LogP contribution is -2.22. The van der Waals surface area contributed by atoms with Crippen molar-refractivity contribution in [3.05, 3.63) is 126 Å². The highest BCUT2D eigenvalue weighted by atomic mass is 16.3. The molecule has 0 aliphatic heterocycles. The first-order valence-corrected chi connectivity index (χ1v) is 12.8. The summed E-state index contributed by atoms with van der Waals surface area (Å²) in [7, 11) is 0. The van der Waals surface area contributed by atoms with Crippen LogP contribution in [0.4, 0.5) is 5.82 Å². The minimum Gasteiger partial charge on any atom is -0.392 e. The van der Waals surface area contributed by atoms with E-state index in [1.807, 2.05) is 95.7 Å². The van der Waals surface area contributed by atoms with E-state index in [4.69, 9.17) is 15.7 Å². The van der Waals surface area contributed by atoms with Gasteiger partial charge < -0.3 is 16.2 Å². The maximum absolute atomic E-state index is 12.5. The van der Waals surface area contributed by atoms with Crippen molar-refractivity contribution < 1.29 is 9.90 Å². The Balaban J connectivity index is 1.36. The summed E-state index contributed by atoms with van der Waals surface area (Å²) in [6.07, 6.45) is 3.47. The van der Waals surface area contributed by atoms with E-state index < -0.39 is 0 Å². The number of aliphatic hydroxyl groups is 1. The molecule has 1 amide bonds. The van der Waals surface area contributed by atoms with Crippen LogP contribution in [-0.2, 0) is 13.2 Å². The van der Waals surface area contributed by atoms with E-state index in [2.05, 4.69) is 10.3 Å². The van der Waals surface area contributed by atoms with Crippen molar-refractivity contribution in [3.63, 3.8) is 0 Å². The van der Waals surface area contributed by atoms with Crippen molar-refractivity contribution >= 4 is 22.9 Å². The standard InChI is InChI=1S/C32H26N6O2/c33-29-27(7-4-16-34-29)30-37-28-17-25(23-12-8-22(20-39)9-13-23)19-35-31(28)38(30)26-14-10-21(11-15-26)18-36-32(40)24-5-2-1-3-6-24/h1-17,19,39H,18,20H2,(H2,33,34)(H,36,40). The molecule has 0 unspecified atom stereocenters. The molecule has 0 saturated heterocycles. The summed E-state index contributed by atoms with van der Waals surface area (Å²) in [5.41, 5.74) is 13.5. The number of carbonyl (C=O) groups is 1. The van der Waals surface area contributed by atoms with Gasteiger partial charge >= 0.3 is 0 Å². The molecule has 0 atom stereocenters. The van der Waals surface area contributed by atoms with E-state index in [-0.39, 0.29) is 12.5 Å². The number of aliphatic hydroxyl groups excluding tert-OH is 1. The molecule has 6 aromatic rings. The summed E-state index contributed by atoms with van der Waals surface area (Å²) in [6.45, 7) is 0.397. The highest BCUT2D eigenvalue weighted by Crippen LogP contribution is 2.32. The number of anilines is 1. The Hall–Kier alpha value is -5.34. The number of pyridine rings is 2. The average Bonchev–Trinajstić information content (AvgIpc) is 3.39. The van der Waals surface area contributed by atoms with E-state index >= 15 is 0 Å². The van der Waals surface area contributed by atoms with Crippen LogP contribution in [0, 0.1) is 0 Å². The van der Waals surface area contributed by atoms with Crippen molar-refractivity contribution in [2.45, 2.75) is 13.2 Å². The van der Waals surface area contributed by atoms with Gasteiger partial charge in [0.2, 0.25) is 0 Å². The van der Waals surface area contributed by atoms with Gasteiger partial charge in [-0.25, -0.2) is 15.0 Å². The van der Waals surface area contributed by atoms with Gasteiger partial charge in [0.25, 0.3) is 5.91 Å². The SMILES string of the molecule is Nc1ncccc1-c1nc2cc(-c3ccc(CO)cc3)cnc2n1-c1ccc(CNC(=O)c2ccccc2)cc1. The van der Waals surface area contributed by atoms with Crippen molar-refractivity contribution in [2.24, 2.45) is 0 Å². The van der Waals surface area contributed by atoms with E-state index in [9.17, 15) is 9.90 Å². The van der Waals surface area contributed by atoms with E-state index in [1.54, 1.807) is 18.3 Å². The maximum Gasteiger partial charge on any atom is 0.251 e. The molecule has 0 aliphatic rings. The van der Waals surface area contributed by atoms with Crippen LogP contribution in [-0.4, -0.2) is 30.5 Å². The number of nitrogens with one attached hydrogen (secondary N) is 1. The topological polar surface area (TPSA) is 119 Å². The molecule has 3 aromatic carbocycles. The highest BCUT2D eigenvalue weighted by Gasteiger charge is 2.18. The Morgan fingerprint density at radius 3 is 2.33 bits per heavy atom. The molecule has 3 aromatic heterocycles. The molecule has 0 spiro atoms. The third-order valence-corrected chi connectivity index (χ3v) is 6.73. The average molecular weight is 527 g/mol. The summed E-state index contributed by atoms with van der Waals surface area (Å²) >= 11 is 0. The Morgan fingerprint density at radius 1 is 0.850 bits per heavy atom. The van der Waals surface area contributed by atoms with E-state index in [1.165, 1.54) is 0 Å². The number of hydrogen-bond donors (Lipinski definition) is 3. The number of carbonyl (C=O) groups excluding carboxylic acids is 1. The second-order valence-electron chi connectivity index (χ2n) is 9.34. The Kier molecular flexibility index (Phi) is 6.74.